The van der Waals surface area contributed by atoms with E-state index in [9.17, 15) is 9.59 Å². The number of benzene rings is 1. The number of nitrogens with zero attached hydrogens (tertiary/aromatic N) is 1. The van der Waals surface area contributed by atoms with Crippen molar-refractivity contribution in [2.24, 2.45) is 0 Å². The lowest BCUT2D eigenvalue weighted by Crippen LogP contribution is -2.31. The van der Waals surface area contributed by atoms with Crippen LogP contribution in [0.3, 0.4) is 0 Å². The van der Waals surface area contributed by atoms with Crippen LogP contribution in [0.5, 0.6) is 0 Å². The summed E-state index contributed by atoms with van der Waals surface area (Å²) >= 11 is 0. The van der Waals surface area contributed by atoms with Crippen LogP contribution in [0.15, 0.2) is 24.3 Å². The maximum Gasteiger partial charge on any atom is 0.325 e. The molecule has 0 saturated carbocycles. The predicted octanol–water partition coefficient (Wildman–Crippen LogP) is 0.780. The van der Waals surface area contributed by atoms with Gasteiger partial charge in [0, 0.05) is 0 Å². The summed E-state index contributed by atoms with van der Waals surface area (Å²) in [6, 6.07) is 8.72. The molecular weight excluding hydrogens is 232 g/mol. The van der Waals surface area contributed by atoms with E-state index in [4.69, 9.17) is 5.26 Å². The summed E-state index contributed by atoms with van der Waals surface area (Å²) in [4.78, 5) is 22.5. The van der Waals surface area contributed by atoms with E-state index in [1.165, 1.54) is 0 Å². The van der Waals surface area contributed by atoms with Crippen molar-refractivity contribution in [2.75, 3.05) is 13.2 Å². The SMILES string of the molecule is CCOC(=O)CNC(=O)Cc1ccc(C#N)cc1. The lowest BCUT2D eigenvalue weighted by Gasteiger charge is -2.05. The van der Waals surface area contributed by atoms with Gasteiger partial charge in [-0.3, -0.25) is 9.59 Å². The van der Waals surface area contributed by atoms with Gasteiger partial charge in [-0.05, 0) is 24.6 Å². The van der Waals surface area contributed by atoms with Gasteiger partial charge in [0.1, 0.15) is 6.54 Å². The number of carbonyl (C=O) groups excluding carboxylic acids is 2. The fraction of sp³-hybridized carbons (Fsp3) is 0.308. The highest BCUT2D eigenvalue weighted by molar-refractivity contribution is 5.83. The van der Waals surface area contributed by atoms with E-state index in [1.807, 2.05) is 6.07 Å². The Morgan fingerprint density at radius 1 is 1.33 bits per heavy atom. The second-order valence-electron chi connectivity index (χ2n) is 3.57. The standard InChI is InChI=1S/C13H14N2O3/c1-2-18-13(17)9-15-12(16)7-10-3-5-11(8-14)6-4-10/h3-6H,2,7,9H2,1H3,(H,15,16). The third-order valence-electron chi connectivity index (χ3n) is 2.18. The van der Waals surface area contributed by atoms with E-state index in [-0.39, 0.29) is 18.9 Å². The topological polar surface area (TPSA) is 79.2 Å². The molecule has 1 rings (SSSR count). The molecule has 1 N–H and O–H groups in total. The molecule has 0 heterocycles. The Morgan fingerprint density at radius 3 is 2.56 bits per heavy atom. The maximum absolute atomic E-state index is 11.5. The zero-order valence-electron chi connectivity index (χ0n) is 10.1. The Labute approximate surface area is 105 Å². The maximum atomic E-state index is 11.5. The van der Waals surface area contributed by atoms with Gasteiger partial charge in [-0.25, -0.2) is 0 Å². The molecule has 0 aliphatic heterocycles. The highest BCUT2D eigenvalue weighted by atomic mass is 16.5. The zero-order valence-corrected chi connectivity index (χ0v) is 10.1. The lowest BCUT2D eigenvalue weighted by molar-refractivity contribution is -0.143. The molecule has 0 saturated heterocycles. The van der Waals surface area contributed by atoms with Crippen LogP contribution in [0, 0.1) is 11.3 Å². The van der Waals surface area contributed by atoms with Crippen LogP contribution >= 0.6 is 0 Å². The van der Waals surface area contributed by atoms with E-state index < -0.39 is 5.97 Å². The second-order valence-corrected chi connectivity index (χ2v) is 3.57. The largest absolute Gasteiger partial charge is 0.465 e. The summed E-state index contributed by atoms with van der Waals surface area (Å²) in [6.45, 7) is 1.88. The van der Waals surface area contributed by atoms with Crippen molar-refractivity contribution in [3.05, 3.63) is 35.4 Å². The third-order valence-corrected chi connectivity index (χ3v) is 2.18. The number of amides is 1. The third kappa shape index (κ3) is 4.66. The van der Waals surface area contributed by atoms with Crippen molar-refractivity contribution in [2.45, 2.75) is 13.3 Å². The summed E-state index contributed by atoms with van der Waals surface area (Å²) in [6.07, 6.45) is 0.172. The summed E-state index contributed by atoms with van der Waals surface area (Å²) in [5, 5.41) is 11.1. The number of carbonyl (C=O) groups is 2. The van der Waals surface area contributed by atoms with E-state index in [0.29, 0.717) is 12.2 Å². The average Bonchev–Trinajstić information content (AvgIpc) is 2.38. The van der Waals surface area contributed by atoms with Crippen LogP contribution in [0.25, 0.3) is 0 Å². The van der Waals surface area contributed by atoms with E-state index in [2.05, 4.69) is 10.1 Å². The first-order chi connectivity index (χ1) is 8.65. The number of hydrogen-bond acceptors (Lipinski definition) is 4. The van der Waals surface area contributed by atoms with Crippen molar-refractivity contribution < 1.29 is 14.3 Å². The van der Waals surface area contributed by atoms with E-state index >= 15 is 0 Å². The van der Waals surface area contributed by atoms with Crippen LogP contribution in [0.2, 0.25) is 0 Å². The van der Waals surface area contributed by atoms with Gasteiger partial charge >= 0.3 is 5.97 Å². The number of hydrogen-bond donors (Lipinski definition) is 1. The van der Waals surface area contributed by atoms with Gasteiger partial charge in [0.15, 0.2) is 0 Å². The molecule has 0 atom stereocenters. The molecule has 0 bridgehead atoms. The van der Waals surface area contributed by atoms with Crippen molar-refractivity contribution >= 4 is 11.9 Å². The zero-order chi connectivity index (χ0) is 13.4. The van der Waals surface area contributed by atoms with Gasteiger partial charge in [-0.1, -0.05) is 12.1 Å². The molecule has 18 heavy (non-hydrogen) atoms. The van der Waals surface area contributed by atoms with Crippen molar-refractivity contribution in [3.8, 4) is 6.07 Å². The molecule has 0 aromatic heterocycles. The van der Waals surface area contributed by atoms with Gasteiger partial charge in [0.2, 0.25) is 5.91 Å². The van der Waals surface area contributed by atoms with Crippen molar-refractivity contribution in [1.82, 2.24) is 5.32 Å². The van der Waals surface area contributed by atoms with Gasteiger partial charge in [-0.15, -0.1) is 0 Å². The van der Waals surface area contributed by atoms with E-state index in [0.717, 1.165) is 5.56 Å². The number of nitriles is 1. The molecule has 5 nitrogen and oxygen atoms in total. The lowest BCUT2D eigenvalue weighted by atomic mass is 10.1. The highest BCUT2D eigenvalue weighted by Gasteiger charge is 2.06. The molecule has 1 amide bonds. The first-order valence-corrected chi connectivity index (χ1v) is 5.57. The fourth-order valence-corrected chi connectivity index (χ4v) is 1.33. The predicted molar refractivity (Wildman–Crippen MR) is 64.5 cm³/mol. The molecule has 0 unspecified atom stereocenters. The Hall–Kier alpha value is -2.35. The average molecular weight is 246 g/mol. The van der Waals surface area contributed by atoms with Crippen molar-refractivity contribution in [1.29, 1.82) is 5.26 Å². The molecule has 0 aliphatic rings. The minimum atomic E-state index is -0.453. The Morgan fingerprint density at radius 2 is 2.00 bits per heavy atom. The summed E-state index contributed by atoms with van der Waals surface area (Å²) in [7, 11) is 0. The summed E-state index contributed by atoms with van der Waals surface area (Å²) < 4.78 is 4.68. The molecule has 0 aliphatic carbocycles. The molecular formula is C13H14N2O3. The van der Waals surface area contributed by atoms with Gasteiger partial charge in [0.25, 0.3) is 0 Å². The molecule has 0 spiro atoms. The van der Waals surface area contributed by atoms with E-state index in [1.54, 1.807) is 31.2 Å². The van der Waals surface area contributed by atoms with Gasteiger partial charge < -0.3 is 10.1 Å². The minimum absolute atomic E-state index is 0.122. The van der Waals surface area contributed by atoms with Crippen LogP contribution in [0.4, 0.5) is 0 Å². The highest BCUT2D eigenvalue weighted by Crippen LogP contribution is 2.03. The van der Waals surface area contributed by atoms with Crippen LogP contribution in [-0.2, 0) is 20.7 Å². The number of rotatable bonds is 5. The molecule has 1 aromatic rings. The first-order valence-electron chi connectivity index (χ1n) is 5.57. The van der Waals surface area contributed by atoms with Crippen LogP contribution in [-0.4, -0.2) is 25.0 Å². The van der Waals surface area contributed by atoms with Crippen LogP contribution < -0.4 is 5.32 Å². The fourth-order valence-electron chi connectivity index (χ4n) is 1.33. The molecule has 94 valence electrons. The van der Waals surface area contributed by atoms with Crippen LogP contribution in [0.1, 0.15) is 18.1 Å². The Kier molecular flexibility index (Phi) is 5.39. The molecule has 5 heteroatoms. The molecule has 0 radical (unpaired) electrons. The first kappa shape index (κ1) is 13.7. The second kappa shape index (κ2) is 7.07. The minimum Gasteiger partial charge on any atom is -0.465 e. The smallest absolute Gasteiger partial charge is 0.325 e. The number of ether oxygens (including phenoxy) is 1. The Bertz CT molecular complexity index is 460. The number of nitrogens with one attached hydrogen (secondary N) is 1. The summed E-state index contributed by atoms with van der Waals surface area (Å²) in [5.74, 6) is -0.710. The normalized spacial score (nSPS) is 9.33. The molecule has 0 fully saturated rings. The van der Waals surface area contributed by atoms with Gasteiger partial charge in [0.05, 0.1) is 24.7 Å². The Balaban J connectivity index is 2.40. The molecule has 1 aromatic carbocycles. The summed E-state index contributed by atoms with van der Waals surface area (Å²) in [5.41, 5.74) is 1.33. The number of esters is 1. The van der Waals surface area contributed by atoms with Crippen molar-refractivity contribution in [3.63, 3.8) is 0 Å². The monoisotopic (exact) mass is 246 g/mol. The van der Waals surface area contributed by atoms with Gasteiger partial charge in [-0.2, -0.15) is 5.26 Å². The quantitative estimate of drug-likeness (QED) is 0.779.